The molecule has 6 heteroatoms. The van der Waals surface area contributed by atoms with Crippen LogP contribution in [0.4, 0.5) is 4.79 Å². The van der Waals surface area contributed by atoms with Crippen molar-refractivity contribution in [2.45, 2.75) is 58.6 Å². The van der Waals surface area contributed by atoms with Gasteiger partial charge in [0.2, 0.25) is 5.91 Å². The summed E-state index contributed by atoms with van der Waals surface area (Å²) >= 11 is 0. The van der Waals surface area contributed by atoms with Crippen LogP contribution in [0, 0.1) is 6.92 Å². The highest BCUT2D eigenvalue weighted by Crippen LogP contribution is 2.22. The van der Waals surface area contributed by atoms with Gasteiger partial charge in [0, 0.05) is 26.1 Å². The molecule has 6 nitrogen and oxygen atoms in total. The van der Waals surface area contributed by atoms with E-state index in [4.69, 9.17) is 4.74 Å². The van der Waals surface area contributed by atoms with E-state index < -0.39 is 5.60 Å². The number of rotatable bonds is 5. The number of phenolic OH excluding ortho intramolecular Hbond substituents is 1. The van der Waals surface area contributed by atoms with Crippen LogP contribution in [0.2, 0.25) is 0 Å². The van der Waals surface area contributed by atoms with Crippen LogP contribution in [0.5, 0.6) is 5.75 Å². The first kappa shape index (κ1) is 23.6. The summed E-state index contributed by atoms with van der Waals surface area (Å²) in [7, 11) is 0. The predicted molar refractivity (Wildman–Crippen MR) is 125 cm³/mol. The Balaban J connectivity index is 1.71. The Morgan fingerprint density at radius 3 is 2.50 bits per heavy atom. The van der Waals surface area contributed by atoms with E-state index in [0.29, 0.717) is 38.9 Å². The number of aryl methyl sites for hydroxylation is 2. The molecule has 0 bridgehead atoms. The molecule has 2 aromatic carbocycles. The topological polar surface area (TPSA) is 70.1 Å². The van der Waals surface area contributed by atoms with Gasteiger partial charge in [0.1, 0.15) is 11.4 Å². The van der Waals surface area contributed by atoms with Crippen LogP contribution in [0.25, 0.3) is 0 Å². The van der Waals surface area contributed by atoms with Crippen LogP contribution in [0.1, 0.15) is 43.9 Å². The maximum Gasteiger partial charge on any atom is 0.410 e. The maximum absolute atomic E-state index is 13.2. The minimum Gasteiger partial charge on any atom is -0.508 e. The largest absolute Gasteiger partial charge is 0.508 e. The van der Waals surface area contributed by atoms with Crippen LogP contribution < -0.4 is 0 Å². The Bertz CT molecular complexity index is 937. The van der Waals surface area contributed by atoms with E-state index in [0.717, 1.165) is 16.7 Å². The lowest BCUT2D eigenvalue weighted by Gasteiger charge is -2.42. The highest BCUT2D eigenvalue weighted by Gasteiger charge is 2.34. The Morgan fingerprint density at radius 2 is 1.81 bits per heavy atom. The number of hydrogen-bond acceptors (Lipinski definition) is 4. The molecule has 0 spiro atoms. The van der Waals surface area contributed by atoms with Crippen LogP contribution >= 0.6 is 0 Å². The first-order chi connectivity index (χ1) is 15.1. The van der Waals surface area contributed by atoms with Crippen molar-refractivity contribution in [2.75, 3.05) is 19.6 Å². The maximum atomic E-state index is 13.2. The SMILES string of the molecule is Cc1ccc(O)c(CCC(=O)N2CCN(C(=O)OC(C)(C)C)C[C@H]2Cc2ccccc2)c1. The van der Waals surface area contributed by atoms with E-state index in [9.17, 15) is 14.7 Å². The van der Waals surface area contributed by atoms with E-state index >= 15 is 0 Å². The first-order valence-corrected chi connectivity index (χ1v) is 11.2. The monoisotopic (exact) mass is 438 g/mol. The van der Waals surface area contributed by atoms with Crippen molar-refractivity contribution in [3.8, 4) is 5.75 Å². The van der Waals surface area contributed by atoms with E-state index in [1.165, 1.54) is 0 Å². The summed E-state index contributed by atoms with van der Waals surface area (Å²) < 4.78 is 5.56. The van der Waals surface area contributed by atoms with Gasteiger partial charge in [0.15, 0.2) is 0 Å². The van der Waals surface area contributed by atoms with Gasteiger partial charge in [-0.05, 0) is 57.7 Å². The lowest BCUT2D eigenvalue weighted by atomic mass is 10.0. The van der Waals surface area contributed by atoms with Crippen molar-refractivity contribution >= 4 is 12.0 Å². The average molecular weight is 439 g/mol. The van der Waals surface area contributed by atoms with Gasteiger partial charge in [0.05, 0.1) is 6.04 Å². The summed E-state index contributed by atoms with van der Waals surface area (Å²) in [6, 6.07) is 15.3. The molecule has 0 aliphatic carbocycles. The molecule has 1 saturated heterocycles. The van der Waals surface area contributed by atoms with Crippen molar-refractivity contribution in [1.29, 1.82) is 0 Å². The standard InChI is InChI=1S/C26H34N2O4/c1-19-10-12-23(29)21(16-19)11-13-24(30)28-15-14-27(25(31)32-26(2,3)4)18-22(28)17-20-8-6-5-7-9-20/h5-10,12,16,22,29H,11,13-15,17-18H2,1-4H3/t22-/m1/s1. The second-order valence-corrected chi connectivity index (χ2v) is 9.49. The quantitative estimate of drug-likeness (QED) is 0.755. The Morgan fingerprint density at radius 1 is 1.09 bits per heavy atom. The number of carbonyl (C=O) groups excluding carboxylic acids is 2. The molecule has 0 unspecified atom stereocenters. The molecule has 1 aliphatic rings. The first-order valence-electron chi connectivity index (χ1n) is 11.2. The fourth-order valence-corrected chi connectivity index (χ4v) is 4.04. The van der Waals surface area contributed by atoms with Crippen molar-refractivity contribution in [1.82, 2.24) is 9.80 Å². The summed E-state index contributed by atoms with van der Waals surface area (Å²) in [6.07, 6.45) is 1.12. The smallest absolute Gasteiger partial charge is 0.410 e. The fourth-order valence-electron chi connectivity index (χ4n) is 4.04. The van der Waals surface area contributed by atoms with E-state index in [1.54, 1.807) is 11.0 Å². The highest BCUT2D eigenvalue weighted by molar-refractivity contribution is 5.77. The minimum atomic E-state index is -0.561. The average Bonchev–Trinajstić information content (AvgIpc) is 2.73. The van der Waals surface area contributed by atoms with Gasteiger partial charge >= 0.3 is 6.09 Å². The molecule has 1 atom stereocenters. The predicted octanol–water partition coefficient (Wildman–Crippen LogP) is 4.32. The number of piperazine rings is 1. The third-order valence-corrected chi connectivity index (χ3v) is 5.61. The number of amides is 2. The van der Waals surface area contributed by atoms with Crippen LogP contribution in [0.3, 0.4) is 0 Å². The Hall–Kier alpha value is -3.02. The van der Waals surface area contributed by atoms with E-state index in [-0.39, 0.29) is 23.8 Å². The zero-order valence-electron chi connectivity index (χ0n) is 19.5. The van der Waals surface area contributed by atoms with Crippen molar-refractivity contribution in [2.24, 2.45) is 0 Å². The van der Waals surface area contributed by atoms with Crippen LogP contribution in [0.15, 0.2) is 48.5 Å². The zero-order valence-corrected chi connectivity index (χ0v) is 19.5. The van der Waals surface area contributed by atoms with Gasteiger partial charge in [-0.15, -0.1) is 0 Å². The minimum absolute atomic E-state index is 0.0377. The van der Waals surface area contributed by atoms with Gasteiger partial charge in [-0.3, -0.25) is 4.79 Å². The number of carbonyl (C=O) groups is 2. The van der Waals surface area contributed by atoms with Crippen LogP contribution in [-0.4, -0.2) is 58.2 Å². The molecule has 1 N–H and O–H groups in total. The number of aromatic hydroxyl groups is 1. The molecule has 3 rings (SSSR count). The summed E-state index contributed by atoms with van der Waals surface area (Å²) in [5, 5.41) is 10.1. The van der Waals surface area contributed by atoms with Gasteiger partial charge < -0.3 is 19.6 Å². The molecule has 2 amide bonds. The summed E-state index contributed by atoms with van der Waals surface area (Å²) in [5.41, 5.74) is 2.40. The molecule has 1 heterocycles. The summed E-state index contributed by atoms with van der Waals surface area (Å²) in [5.74, 6) is 0.259. The molecule has 0 radical (unpaired) electrons. The lowest BCUT2D eigenvalue weighted by molar-refractivity contribution is -0.136. The molecule has 1 fully saturated rings. The highest BCUT2D eigenvalue weighted by atomic mass is 16.6. The molecule has 0 aromatic heterocycles. The molecule has 0 saturated carbocycles. The number of benzene rings is 2. The molecule has 2 aromatic rings. The van der Waals surface area contributed by atoms with E-state index in [1.807, 2.05) is 75.1 Å². The lowest BCUT2D eigenvalue weighted by Crippen LogP contribution is -2.57. The second kappa shape index (κ2) is 10.1. The van der Waals surface area contributed by atoms with Gasteiger partial charge in [0.25, 0.3) is 0 Å². The number of nitrogens with zero attached hydrogens (tertiary/aromatic N) is 2. The Labute approximate surface area is 190 Å². The summed E-state index contributed by atoms with van der Waals surface area (Å²) in [4.78, 5) is 29.4. The number of hydrogen-bond donors (Lipinski definition) is 1. The fraction of sp³-hybridized carbons (Fsp3) is 0.462. The summed E-state index contributed by atoms with van der Waals surface area (Å²) in [6.45, 7) is 8.88. The van der Waals surface area contributed by atoms with Crippen LogP contribution in [-0.2, 0) is 22.4 Å². The number of ether oxygens (including phenoxy) is 1. The molecule has 1 aliphatic heterocycles. The van der Waals surface area contributed by atoms with Gasteiger partial charge in [-0.25, -0.2) is 4.79 Å². The normalized spacial score (nSPS) is 16.7. The molecule has 172 valence electrons. The van der Waals surface area contributed by atoms with E-state index in [2.05, 4.69) is 0 Å². The second-order valence-electron chi connectivity index (χ2n) is 9.49. The van der Waals surface area contributed by atoms with Crippen molar-refractivity contribution < 1.29 is 19.4 Å². The third-order valence-electron chi connectivity index (χ3n) is 5.61. The zero-order chi connectivity index (χ0) is 23.3. The number of phenols is 1. The van der Waals surface area contributed by atoms with Gasteiger partial charge in [-0.2, -0.15) is 0 Å². The van der Waals surface area contributed by atoms with Gasteiger partial charge in [-0.1, -0.05) is 48.0 Å². The van der Waals surface area contributed by atoms with Crippen molar-refractivity contribution in [3.63, 3.8) is 0 Å². The van der Waals surface area contributed by atoms with Crippen molar-refractivity contribution in [3.05, 3.63) is 65.2 Å². The molecule has 32 heavy (non-hydrogen) atoms. The third kappa shape index (κ3) is 6.49. The Kier molecular flexibility index (Phi) is 7.44. The molecular weight excluding hydrogens is 404 g/mol. The molecular formula is C26H34N2O4.